The number of fused-ring (bicyclic) bond motifs is 1. The average Bonchev–Trinajstić information content (AvgIpc) is 2.98. The molecule has 0 aliphatic rings. The fourth-order valence-electron chi connectivity index (χ4n) is 2.02. The summed E-state index contributed by atoms with van der Waals surface area (Å²) >= 11 is 3.03. The average molecular weight is 329 g/mol. The van der Waals surface area contributed by atoms with Crippen molar-refractivity contribution in [1.29, 1.82) is 0 Å². The minimum absolute atomic E-state index is 0.0310. The predicted octanol–water partition coefficient (Wildman–Crippen LogP) is 4.04. The van der Waals surface area contributed by atoms with Crippen LogP contribution in [0.5, 0.6) is 0 Å². The van der Waals surface area contributed by atoms with E-state index in [1.807, 2.05) is 36.6 Å². The molecule has 22 heavy (non-hydrogen) atoms. The summed E-state index contributed by atoms with van der Waals surface area (Å²) in [5.41, 5.74) is 4.14. The van der Waals surface area contributed by atoms with Crippen LogP contribution in [-0.4, -0.2) is 21.6 Å². The Balaban J connectivity index is 1.65. The number of thiophene rings is 1. The number of nitrogens with one attached hydrogen (secondary N) is 1. The van der Waals surface area contributed by atoms with Crippen LogP contribution >= 0.6 is 23.1 Å². The Morgan fingerprint density at radius 1 is 1.23 bits per heavy atom. The van der Waals surface area contributed by atoms with E-state index in [1.54, 1.807) is 17.7 Å². The highest BCUT2D eigenvalue weighted by Gasteiger charge is 2.09. The van der Waals surface area contributed by atoms with Gasteiger partial charge in [-0.15, -0.1) is 11.3 Å². The number of aromatic nitrogens is 2. The van der Waals surface area contributed by atoms with Crippen molar-refractivity contribution in [2.24, 2.45) is 0 Å². The second kappa shape index (κ2) is 6.46. The highest BCUT2D eigenvalue weighted by Crippen LogP contribution is 2.28. The van der Waals surface area contributed by atoms with Gasteiger partial charge in [0, 0.05) is 5.69 Å². The van der Waals surface area contributed by atoms with Crippen molar-refractivity contribution < 1.29 is 4.79 Å². The van der Waals surface area contributed by atoms with Gasteiger partial charge in [-0.3, -0.25) is 4.79 Å². The molecule has 1 N–H and O–H groups in total. The van der Waals surface area contributed by atoms with Crippen molar-refractivity contribution in [1.82, 2.24) is 9.97 Å². The summed E-state index contributed by atoms with van der Waals surface area (Å²) in [5, 5.41) is 5.76. The Morgan fingerprint density at radius 2 is 2.09 bits per heavy atom. The van der Waals surface area contributed by atoms with E-state index >= 15 is 0 Å². The van der Waals surface area contributed by atoms with Crippen molar-refractivity contribution in [2.75, 3.05) is 11.1 Å². The van der Waals surface area contributed by atoms with Gasteiger partial charge in [0.05, 0.1) is 16.0 Å². The zero-order valence-electron chi connectivity index (χ0n) is 12.3. The normalized spacial score (nSPS) is 10.8. The van der Waals surface area contributed by atoms with Gasteiger partial charge >= 0.3 is 0 Å². The van der Waals surface area contributed by atoms with Crippen LogP contribution in [0.25, 0.3) is 10.2 Å². The summed E-state index contributed by atoms with van der Waals surface area (Å²) in [4.78, 5) is 20.6. The van der Waals surface area contributed by atoms with Gasteiger partial charge in [-0.1, -0.05) is 17.8 Å². The molecule has 2 aromatic heterocycles. The van der Waals surface area contributed by atoms with Crippen molar-refractivity contribution in [3.63, 3.8) is 0 Å². The number of amides is 1. The molecular formula is C16H15N3OS2. The minimum Gasteiger partial charge on any atom is -0.325 e. The smallest absolute Gasteiger partial charge is 0.234 e. The van der Waals surface area contributed by atoms with Crippen LogP contribution < -0.4 is 5.32 Å². The lowest BCUT2D eigenvalue weighted by molar-refractivity contribution is -0.113. The number of rotatable bonds is 4. The summed E-state index contributed by atoms with van der Waals surface area (Å²) in [6.45, 7) is 4.09. The maximum atomic E-state index is 12.1. The summed E-state index contributed by atoms with van der Waals surface area (Å²) in [7, 11) is 0. The van der Waals surface area contributed by atoms with E-state index in [9.17, 15) is 4.79 Å². The molecule has 0 aliphatic heterocycles. The molecule has 112 valence electrons. The van der Waals surface area contributed by atoms with E-state index in [4.69, 9.17) is 0 Å². The zero-order valence-corrected chi connectivity index (χ0v) is 13.9. The second-order valence-corrected chi connectivity index (χ2v) is 6.83. The third-order valence-corrected chi connectivity index (χ3v) is 5.37. The molecule has 0 spiro atoms. The highest BCUT2D eigenvalue weighted by atomic mass is 32.2. The summed E-state index contributed by atoms with van der Waals surface area (Å²) < 4.78 is 1.03. The summed E-state index contributed by atoms with van der Waals surface area (Å²) in [6.07, 6.45) is 1.54. The lowest BCUT2D eigenvalue weighted by atomic mass is 10.1. The third-order valence-electron chi connectivity index (χ3n) is 3.34. The molecule has 0 radical (unpaired) electrons. The second-order valence-electron chi connectivity index (χ2n) is 4.95. The van der Waals surface area contributed by atoms with E-state index in [-0.39, 0.29) is 5.91 Å². The first kappa shape index (κ1) is 15.0. The number of carbonyl (C=O) groups excluding carboxylic acids is 1. The van der Waals surface area contributed by atoms with Gasteiger partial charge in [-0.05, 0) is 48.6 Å². The van der Waals surface area contributed by atoms with Gasteiger partial charge in [0.1, 0.15) is 11.4 Å². The molecule has 2 heterocycles. The van der Waals surface area contributed by atoms with E-state index in [2.05, 4.69) is 22.2 Å². The summed E-state index contributed by atoms with van der Waals surface area (Å²) in [6, 6.07) is 7.88. The number of thioether (sulfide) groups is 1. The number of hydrogen-bond acceptors (Lipinski definition) is 5. The molecule has 0 saturated carbocycles. The highest BCUT2D eigenvalue weighted by molar-refractivity contribution is 8.00. The van der Waals surface area contributed by atoms with Gasteiger partial charge < -0.3 is 5.32 Å². The van der Waals surface area contributed by atoms with Crippen molar-refractivity contribution >= 4 is 44.9 Å². The molecule has 0 atom stereocenters. The van der Waals surface area contributed by atoms with Crippen LogP contribution in [0.2, 0.25) is 0 Å². The third kappa shape index (κ3) is 3.28. The molecule has 3 rings (SSSR count). The first-order valence-corrected chi connectivity index (χ1v) is 8.68. The number of benzene rings is 1. The minimum atomic E-state index is -0.0310. The molecule has 1 aromatic carbocycles. The molecule has 0 bridgehead atoms. The maximum Gasteiger partial charge on any atom is 0.234 e. The van der Waals surface area contributed by atoms with Crippen molar-refractivity contribution in [2.45, 2.75) is 18.9 Å². The number of aryl methyl sites for hydroxylation is 2. The quantitative estimate of drug-likeness (QED) is 0.580. The molecule has 6 heteroatoms. The molecule has 3 aromatic rings. The lowest BCUT2D eigenvalue weighted by Gasteiger charge is -2.07. The Bertz CT molecular complexity index is 829. The Hall–Kier alpha value is -1.92. The Kier molecular flexibility index (Phi) is 4.40. The van der Waals surface area contributed by atoms with Crippen LogP contribution in [0.1, 0.15) is 11.1 Å². The van der Waals surface area contributed by atoms with Crippen molar-refractivity contribution in [3.8, 4) is 0 Å². The molecular weight excluding hydrogens is 314 g/mol. The maximum absolute atomic E-state index is 12.1. The fraction of sp³-hybridized carbons (Fsp3) is 0.188. The van der Waals surface area contributed by atoms with E-state index in [1.165, 1.54) is 22.9 Å². The van der Waals surface area contributed by atoms with Gasteiger partial charge in [-0.2, -0.15) is 0 Å². The fourth-order valence-corrected chi connectivity index (χ4v) is 3.77. The number of hydrogen-bond donors (Lipinski definition) is 1. The molecule has 1 amide bonds. The van der Waals surface area contributed by atoms with Gasteiger partial charge in [0.25, 0.3) is 0 Å². The van der Waals surface area contributed by atoms with Crippen molar-refractivity contribution in [3.05, 3.63) is 47.1 Å². The molecule has 0 fully saturated rings. The Morgan fingerprint density at radius 3 is 2.91 bits per heavy atom. The molecule has 0 unspecified atom stereocenters. The van der Waals surface area contributed by atoms with Crippen LogP contribution in [0, 0.1) is 13.8 Å². The van der Waals surface area contributed by atoms with Crippen LogP contribution in [-0.2, 0) is 4.79 Å². The van der Waals surface area contributed by atoms with Gasteiger partial charge in [-0.25, -0.2) is 9.97 Å². The van der Waals surface area contributed by atoms with Gasteiger partial charge in [0.2, 0.25) is 5.91 Å². The molecule has 4 nitrogen and oxygen atoms in total. The first-order chi connectivity index (χ1) is 10.6. The lowest BCUT2D eigenvalue weighted by Crippen LogP contribution is -2.14. The van der Waals surface area contributed by atoms with E-state index in [0.717, 1.165) is 20.9 Å². The summed E-state index contributed by atoms with van der Waals surface area (Å²) in [5.74, 6) is 0.299. The predicted molar refractivity (Wildman–Crippen MR) is 92.7 cm³/mol. The van der Waals surface area contributed by atoms with E-state index in [0.29, 0.717) is 5.75 Å². The standard InChI is InChI=1S/C16H15N3OS2/c1-10-3-4-12(7-11(10)2)19-14(20)8-22-16-15-13(5-6-21-15)17-9-18-16/h3-7,9H,8H2,1-2H3,(H,19,20). The molecule has 0 saturated heterocycles. The van der Waals surface area contributed by atoms with Crippen LogP contribution in [0.3, 0.4) is 0 Å². The first-order valence-electron chi connectivity index (χ1n) is 6.81. The van der Waals surface area contributed by atoms with Gasteiger partial charge in [0.15, 0.2) is 0 Å². The number of nitrogens with zero attached hydrogens (tertiary/aromatic N) is 2. The number of anilines is 1. The SMILES string of the molecule is Cc1ccc(NC(=O)CSc2ncnc3ccsc23)cc1C. The Labute approximate surface area is 137 Å². The number of carbonyl (C=O) groups is 1. The largest absolute Gasteiger partial charge is 0.325 e. The monoisotopic (exact) mass is 329 g/mol. The van der Waals surface area contributed by atoms with Crippen LogP contribution in [0.4, 0.5) is 5.69 Å². The van der Waals surface area contributed by atoms with E-state index < -0.39 is 0 Å². The zero-order chi connectivity index (χ0) is 15.5. The van der Waals surface area contributed by atoms with Crippen LogP contribution in [0.15, 0.2) is 41.0 Å². The molecule has 0 aliphatic carbocycles. The topological polar surface area (TPSA) is 54.9 Å².